The Morgan fingerprint density at radius 3 is 2.77 bits per heavy atom. The highest BCUT2D eigenvalue weighted by Gasteiger charge is 2.33. The number of rotatable bonds is 1. The van der Waals surface area contributed by atoms with Gasteiger partial charge in [0.15, 0.2) is 5.69 Å². The molecule has 0 saturated heterocycles. The molecule has 6 nitrogen and oxygen atoms in total. The van der Waals surface area contributed by atoms with Gasteiger partial charge in [0.1, 0.15) is 0 Å². The van der Waals surface area contributed by atoms with Gasteiger partial charge in [-0.1, -0.05) is 18.2 Å². The van der Waals surface area contributed by atoms with Crippen molar-refractivity contribution >= 4 is 11.6 Å². The van der Waals surface area contributed by atoms with Gasteiger partial charge in [0, 0.05) is 51.4 Å². The van der Waals surface area contributed by atoms with Crippen molar-refractivity contribution in [3.05, 3.63) is 46.8 Å². The normalized spacial score (nSPS) is 22.6. The second-order valence-corrected chi connectivity index (χ2v) is 7.41. The van der Waals surface area contributed by atoms with E-state index < -0.39 is 0 Å². The number of carbonyl (C=O) groups excluding carboxylic acids is 1. The summed E-state index contributed by atoms with van der Waals surface area (Å²) in [6.45, 7) is 6.20. The molecule has 0 bridgehead atoms. The number of nitrogens with zero attached hydrogens (tertiary/aromatic N) is 4. The molecule has 26 heavy (non-hydrogen) atoms. The molecule has 3 heterocycles. The first-order chi connectivity index (χ1) is 12.5. The molecule has 2 aromatic rings. The lowest BCUT2D eigenvalue weighted by molar-refractivity contribution is -0.00906. The first-order valence-electron chi connectivity index (χ1n) is 9.25. The topological polar surface area (TPSA) is 50.6 Å². The zero-order valence-corrected chi connectivity index (χ0v) is 15.9. The highest BCUT2D eigenvalue weighted by Crippen LogP contribution is 2.33. The summed E-state index contributed by atoms with van der Waals surface area (Å²) in [6.07, 6.45) is 0.798. The van der Waals surface area contributed by atoms with Crippen molar-refractivity contribution in [2.24, 2.45) is 7.05 Å². The number of hydrogen-bond donors (Lipinski definition) is 0. The summed E-state index contributed by atoms with van der Waals surface area (Å²) in [5.74, 6) is 0.0215. The molecular formula is C20H26N4O2. The highest BCUT2D eigenvalue weighted by atomic mass is 16.5. The van der Waals surface area contributed by atoms with Crippen LogP contribution in [-0.2, 0) is 24.8 Å². The highest BCUT2D eigenvalue weighted by molar-refractivity contribution is 5.94. The predicted octanol–water partition coefficient (Wildman–Crippen LogP) is 2.53. The van der Waals surface area contributed by atoms with Crippen LogP contribution in [0.1, 0.15) is 47.3 Å². The van der Waals surface area contributed by atoms with Gasteiger partial charge in [-0.15, -0.1) is 0 Å². The Labute approximate surface area is 154 Å². The molecule has 0 saturated carbocycles. The number of benzene rings is 1. The Bertz CT molecular complexity index is 844. The molecule has 138 valence electrons. The number of amides is 1. The first-order valence-corrected chi connectivity index (χ1v) is 9.25. The van der Waals surface area contributed by atoms with Crippen LogP contribution in [0.25, 0.3) is 0 Å². The zero-order valence-electron chi connectivity index (χ0n) is 15.9. The third-order valence-electron chi connectivity index (χ3n) is 5.47. The fourth-order valence-corrected chi connectivity index (χ4v) is 4.23. The van der Waals surface area contributed by atoms with Crippen molar-refractivity contribution in [1.29, 1.82) is 0 Å². The van der Waals surface area contributed by atoms with Crippen LogP contribution in [0.15, 0.2) is 24.3 Å². The summed E-state index contributed by atoms with van der Waals surface area (Å²) in [7, 11) is 3.98. The Hall–Kier alpha value is -2.34. The van der Waals surface area contributed by atoms with E-state index in [2.05, 4.69) is 36.1 Å². The van der Waals surface area contributed by atoms with E-state index in [4.69, 9.17) is 4.74 Å². The zero-order chi connectivity index (χ0) is 18.4. The van der Waals surface area contributed by atoms with Gasteiger partial charge >= 0.3 is 0 Å². The summed E-state index contributed by atoms with van der Waals surface area (Å²) in [5, 5.41) is 4.59. The first kappa shape index (κ1) is 17.1. The van der Waals surface area contributed by atoms with Gasteiger partial charge < -0.3 is 14.5 Å². The van der Waals surface area contributed by atoms with E-state index in [0.717, 1.165) is 24.2 Å². The third-order valence-corrected chi connectivity index (χ3v) is 5.47. The maximum Gasteiger partial charge on any atom is 0.275 e. The minimum absolute atomic E-state index is 0.0215. The van der Waals surface area contributed by atoms with Crippen molar-refractivity contribution in [3.63, 3.8) is 0 Å². The van der Waals surface area contributed by atoms with Gasteiger partial charge in [-0.3, -0.25) is 9.48 Å². The molecule has 0 radical (unpaired) electrons. The molecule has 2 aliphatic heterocycles. The van der Waals surface area contributed by atoms with Gasteiger partial charge in [0.2, 0.25) is 0 Å². The van der Waals surface area contributed by atoms with Crippen LogP contribution < -0.4 is 4.90 Å². The number of fused-ring (bicyclic) bond motifs is 2. The maximum atomic E-state index is 13.4. The quantitative estimate of drug-likeness (QED) is 0.790. The van der Waals surface area contributed by atoms with Gasteiger partial charge in [-0.25, -0.2) is 0 Å². The van der Waals surface area contributed by atoms with Crippen LogP contribution in [-0.4, -0.2) is 46.8 Å². The number of aromatic nitrogens is 2. The predicted molar refractivity (Wildman–Crippen MR) is 100 cm³/mol. The van der Waals surface area contributed by atoms with Gasteiger partial charge in [0.05, 0.1) is 17.9 Å². The lowest BCUT2D eigenvalue weighted by atomic mass is 9.99. The van der Waals surface area contributed by atoms with E-state index in [1.165, 1.54) is 11.3 Å². The number of ether oxygens (including phenoxy) is 1. The smallest absolute Gasteiger partial charge is 0.275 e. The van der Waals surface area contributed by atoms with E-state index in [1.807, 2.05) is 35.7 Å². The van der Waals surface area contributed by atoms with E-state index in [-0.39, 0.29) is 18.1 Å². The van der Waals surface area contributed by atoms with Gasteiger partial charge in [0.25, 0.3) is 5.91 Å². The molecule has 1 aromatic heterocycles. The van der Waals surface area contributed by atoms with Crippen LogP contribution in [0, 0.1) is 0 Å². The molecule has 1 amide bonds. The fourth-order valence-electron chi connectivity index (χ4n) is 4.23. The third kappa shape index (κ3) is 2.78. The van der Waals surface area contributed by atoms with Crippen molar-refractivity contribution in [2.75, 3.05) is 25.0 Å². The molecule has 0 N–H and O–H groups in total. The van der Waals surface area contributed by atoms with E-state index in [1.54, 1.807) is 0 Å². The molecule has 2 atom stereocenters. The second kappa shape index (κ2) is 6.43. The lowest BCUT2D eigenvalue weighted by Crippen LogP contribution is -2.35. The molecule has 6 heteroatoms. The van der Waals surface area contributed by atoms with Crippen molar-refractivity contribution in [1.82, 2.24) is 14.7 Å². The summed E-state index contributed by atoms with van der Waals surface area (Å²) in [4.78, 5) is 17.5. The minimum atomic E-state index is -0.0382. The molecule has 1 aromatic carbocycles. The number of carbonyl (C=O) groups is 1. The second-order valence-electron chi connectivity index (χ2n) is 7.41. The number of hydrogen-bond acceptors (Lipinski definition) is 4. The molecule has 0 unspecified atom stereocenters. The standard InChI is InChI=1S/C20H26N4O2/c1-13-11-16-18(21-23(4)19(16)14(2)26-13)20(25)24-10-9-22(3)17-8-6-5-7-15(17)12-24/h5-8,13-14H,9-12H2,1-4H3/t13-,14+/m1/s1. The Morgan fingerprint density at radius 2 is 1.96 bits per heavy atom. The summed E-state index contributed by atoms with van der Waals surface area (Å²) in [5.41, 5.74) is 5.04. The molecule has 2 aliphatic rings. The van der Waals surface area contributed by atoms with E-state index in [0.29, 0.717) is 18.8 Å². The van der Waals surface area contributed by atoms with Crippen molar-refractivity contribution < 1.29 is 9.53 Å². The molecule has 0 fully saturated rings. The summed E-state index contributed by atoms with van der Waals surface area (Å²) >= 11 is 0. The average molecular weight is 354 g/mol. The number of para-hydroxylation sites is 1. The minimum Gasteiger partial charge on any atom is -0.373 e. The van der Waals surface area contributed by atoms with E-state index in [9.17, 15) is 4.79 Å². The summed E-state index contributed by atoms with van der Waals surface area (Å²) in [6, 6.07) is 8.30. The average Bonchev–Trinajstić information content (AvgIpc) is 2.84. The van der Waals surface area contributed by atoms with Crippen LogP contribution in [0.5, 0.6) is 0 Å². The van der Waals surface area contributed by atoms with Crippen molar-refractivity contribution in [3.8, 4) is 0 Å². The SMILES string of the molecule is C[C@@H]1Cc2c(C(=O)N3CCN(C)c4ccccc4C3)nn(C)c2[C@H](C)O1. The van der Waals surface area contributed by atoms with Gasteiger partial charge in [-0.05, 0) is 25.5 Å². The van der Waals surface area contributed by atoms with Crippen LogP contribution >= 0.6 is 0 Å². The number of likely N-dealkylation sites (N-methyl/N-ethyl adjacent to an activating group) is 1. The fraction of sp³-hybridized carbons (Fsp3) is 0.500. The summed E-state index contributed by atoms with van der Waals surface area (Å²) < 4.78 is 7.74. The van der Waals surface area contributed by atoms with Crippen LogP contribution in [0.2, 0.25) is 0 Å². The monoisotopic (exact) mass is 354 g/mol. The molecule has 4 rings (SSSR count). The van der Waals surface area contributed by atoms with E-state index >= 15 is 0 Å². The Balaban J connectivity index is 1.68. The Kier molecular flexibility index (Phi) is 4.23. The van der Waals surface area contributed by atoms with Crippen LogP contribution in [0.4, 0.5) is 5.69 Å². The number of aryl methyl sites for hydroxylation is 1. The molecule has 0 spiro atoms. The lowest BCUT2D eigenvalue weighted by Gasteiger charge is -2.27. The van der Waals surface area contributed by atoms with Crippen molar-refractivity contribution in [2.45, 2.75) is 39.0 Å². The number of anilines is 1. The maximum absolute atomic E-state index is 13.4. The largest absolute Gasteiger partial charge is 0.373 e. The van der Waals surface area contributed by atoms with Gasteiger partial charge in [-0.2, -0.15) is 5.10 Å². The molecule has 0 aliphatic carbocycles. The molecular weight excluding hydrogens is 328 g/mol. The Morgan fingerprint density at radius 1 is 1.19 bits per heavy atom. The van der Waals surface area contributed by atoms with Crippen LogP contribution in [0.3, 0.4) is 0 Å².